The minimum absolute atomic E-state index is 0.395. The number of benzene rings is 2. The van der Waals surface area contributed by atoms with Crippen LogP contribution >= 0.6 is 11.8 Å². The van der Waals surface area contributed by atoms with Gasteiger partial charge in [0.05, 0.1) is 6.61 Å². The summed E-state index contributed by atoms with van der Waals surface area (Å²) in [5.41, 5.74) is 2.72. The minimum Gasteiger partial charge on any atom is -0.494 e. The first-order valence-electron chi connectivity index (χ1n) is 8.00. The van der Waals surface area contributed by atoms with Crippen LogP contribution in [-0.4, -0.2) is 31.4 Å². The topological polar surface area (TPSA) is 12.5 Å². The van der Waals surface area contributed by atoms with Crippen LogP contribution in [0.4, 0.5) is 0 Å². The highest BCUT2D eigenvalue weighted by Gasteiger charge is 2.20. The third-order valence-electron chi connectivity index (χ3n) is 4.30. The van der Waals surface area contributed by atoms with E-state index < -0.39 is 0 Å². The van der Waals surface area contributed by atoms with E-state index in [0.717, 1.165) is 25.3 Å². The number of ether oxygens (including phenoxy) is 1. The van der Waals surface area contributed by atoms with E-state index in [1.807, 2.05) is 0 Å². The second kappa shape index (κ2) is 7.71. The number of thioether (sulfide) groups is 1. The largest absolute Gasteiger partial charge is 0.494 e. The molecule has 0 saturated heterocycles. The van der Waals surface area contributed by atoms with E-state index in [1.54, 1.807) is 11.8 Å². The molecule has 0 amide bonds. The fourth-order valence-corrected chi connectivity index (χ4v) is 3.42. The Morgan fingerprint density at radius 2 is 1.91 bits per heavy atom. The zero-order valence-electron chi connectivity index (χ0n) is 13.7. The summed E-state index contributed by atoms with van der Waals surface area (Å²) in [5, 5.41) is 0. The predicted molar refractivity (Wildman–Crippen MR) is 99.2 cm³/mol. The fourth-order valence-electron chi connectivity index (χ4n) is 3.01. The Kier molecular flexibility index (Phi) is 5.42. The van der Waals surface area contributed by atoms with Crippen LogP contribution in [0.5, 0.6) is 5.75 Å². The second-order valence-electron chi connectivity index (χ2n) is 5.80. The summed E-state index contributed by atoms with van der Waals surface area (Å²) in [6.07, 6.45) is 7.54. The van der Waals surface area contributed by atoms with Crippen LogP contribution in [0.15, 0.2) is 59.5 Å². The number of likely N-dealkylation sites (N-methyl/N-ethyl adjacent to an activating group) is 1. The molecule has 0 spiro atoms. The van der Waals surface area contributed by atoms with Gasteiger partial charge in [-0.1, -0.05) is 36.4 Å². The van der Waals surface area contributed by atoms with E-state index in [4.69, 9.17) is 4.74 Å². The van der Waals surface area contributed by atoms with Crippen molar-refractivity contribution in [2.24, 2.45) is 0 Å². The molecule has 1 aliphatic heterocycles. The first-order valence-corrected chi connectivity index (χ1v) is 9.23. The van der Waals surface area contributed by atoms with E-state index in [1.165, 1.54) is 16.0 Å². The number of hydrogen-bond donors (Lipinski definition) is 0. The molecule has 0 saturated carbocycles. The van der Waals surface area contributed by atoms with E-state index in [-0.39, 0.29) is 0 Å². The summed E-state index contributed by atoms with van der Waals surface area (Å²) >= 11 is 1.75. The van der Waals surface area contributed by atoms with Crippen LogP contribution in [0.2, 0.25) is 0 Å². The molecule has 0 N–H and O–H groups in total. The average Bonchev–Trinajstić information content (AvgIpc) is 2.75. The lowest BCUT2D eigenvalue weighted by atomic mass is 9.98. The molecule has 0 unspecified atom stereocenters. The summed E-state index contributed by atoms with van der Waals surface area (Å²) < 4.78 is 5.96. The SMILES string of the molecule is CSc1ccc(OCC[C@H]2c3ccccc3C=CCN2C)cc1. The number of fused-ring (bicyclic) bond motifs is 1. The van der Waals surface area contributed by atoms with Crippen LogP contribution in [0.25, 0.3) is 6.08 Å². The maximum Gasteiger partial charge on any atom is 0.119 e. The van der Waals surface area contributed by atoms with Crippen molar-refractivity contribution in [3.05, 3.63) is 65.7 Å². The van der Waals surface area contributed by atoms with E-state index in [2.05, 4.69) is 78.9 Å². The summed E-state index contributed by atoms with van der Waals surface area (Å²) in [4.78, 5) is 3.66. The van der Waals surface area contributed by atoms with Gasteiger partial charge >= 0.3 is 0 Å². The Morgan fingerprint density at radius 3 is 2.70 bits per heavy atom. The van der Waals surface area contributed by atoms with Crippen molar-refractivity contribution in [2.45, 2.75) is 17.4 Å². The summed E-state index contributed by atoms with van der Waals surface area (Å²) in [7, 11) is 2.18. The van der Waals surface area contributed by atoms with Gasteiger partial charge in [0, 0.05) is 23.9 Å². The Balaban J connectivity index is 1.65. The normalized spacial score (nSPS) is 17.6. The van der Waals surface area contributed by atoms with Crippen LogP contribution in [0.1, 0.15) is 23.6 Å². The van der Waals surface area contributed by atoms with E-state index in [0.29, 0.717) is 6.04 Å². The lowest BCUT2D eigenvalue weighted by Gasteiger charge is -2.27. The molecular formula is C20H23NOS. The van der Waals surface area contributed by atoms with Gasteiger partial charge in [-0.25, -0.2) is 0 Å². The van der Waals surface area contributed by atoms with Crippen molar-refractivity contribution < 1.29 is 4.74 Å². The Bertz CT molecular complexity index is 666. The maximum atomic E-state index is 5.96. The highest BCUT2D eigenvalue weighted by Crippen LogP contribution is 2.29. The van der Waals surface area contributed by atoms with Gasteiger partial charge in [0.25, 0.3) is 0 Å². The summed E-state index contributed by atoms with van der Waals surface area (Å²) in [6.45, 7) is 1.70. The molecule has 0 aliphatic carbocycles. The number of nitrogens with zero attached hydrogens (tertiary/aromatic N) is 1. The van der Waals surface area contributed by atoms with Gasteiger partial charge in [-0.3, -0.25) is 4.90 Å². The molecule has 3 heteroatoms. The molecule has 1 heterocycles. The molecule has 2 aromatic rings. The fraction of sp³-hybridized carbons (Fsp3) is 0.300. The molecule has 0 radical (unpaired) electrons. The summed E-state index contributed by atoms with van der Waals surface area (Å²) in [6, 6.07) is 17.4. The van der Waals surface area contributed by atoms with E-state index in [9.17, 15) is 0 Å². The lowest BCUT2D eigenvalue weighted by Crippen LogP contribution is -2.25. The molecule has 120 valence electrons. The van der Waals surface area contributed by atoms with Gasteiger partial charge in [0.1, 0.15) is 5.75 Å². The molecule has 0 fully saturated rings. The zero-order chi connectivity index (χ0) is 16.1. The lowest BCUT2D eigenvalue weighted by molar-refractivity contribution is 0.210. The van der Waals surface area contributed by atoms with E-state index >= 15 is 0 Å². The first-order chi connectivity index (χ1) is 11.3. The van der Waals surface area contributed by atoms with Crippen molar-refractivity contribution in [2.75, 3.05) is 26.5 Å². The van der Waals surface area contributed by atoms with Crippen molar-refractivity contribution in [1.82, 2.24) is 4.90 Å². The molecule has 2 aromatic carbocycles. The van der Waals surface area contributed by atoms with Gasteiger partial charge in [-0.05, 0) is 48.7 Å². The minimum atomic E-state index is 0.395. The molecule has 1 aliphatic rings. The molecule has 3 rings (SSSR count). The second-order valence-corrected chi connectivity index (χ2v) is 6.68. The van der Waals surface area contributed by atoms with Gasteiger partial charge in [0.15, 0.2) is 0 Å². The summed E-state index contributed by atoms with van der Waals surface area (Å²) in [5.74, 6) is 0.950. The maximum absolute atomic E-state index is 5.96. The number of hydrogen-bond acceptors (Lipinski definition) is 3. The van der Waals surface area contributed by atoms with Crippen LogP contribution in [0, 0.1) is 0 Å². The highest BCUT2D eigenvalue weighted by molar-refractivity contribution is 7.98. The average molecular weight is 325 g/mol. The molecule has 0 bridgehead atoms. The van der Waals surface area contributed by atoms with Gasteiger partial charge < -0.3 is 4.74 Å². The predicted octanol–water partition coefficient (Wildman–Crippen LogP) is 4.88. The van der Waals surface area contributed by atoms with Crippen molar-refractivity contribution in [3.63, 3.8) is 0 Å². The van der Waals surface area contributed by atoms with Gasteiger partial charge in [-0.2, -0.15) is 0 Å². The van der Waals surface area contributed by atoms with Gasteiger partial charge in [0.2, 0.25) is 0 Å². The van der Waals surface area contributed by atoms with Crippen molar-refractivity contribution in [3.8, 4) is 5.75 Å². The highest BCUT2D eigenvalue weighted by atomic mass is 32.2. The van der Waals surface area contributed by atoms with Crippen molar-refractivity contribution in [1.29, 1.82) is 0 Å². The monoisotopic (exact) mass is 325 g/mol. The number of rotatable bonds is 5. The Labute approximate surface area is 143 Å². The van der Waals surface area contributed by atoms with Crippen LogP contribution < -0.4 is 4.74 Å². The zero-order valence-corrected chi connectivity index (χ0v) is 14.6. The quantitative estimate of drug-likeness (QED) is 0.727. The Hall–Kier alpha value is -1.71. The molecule has 23 heavy (non-hydrogen) atoms. The molecular weight excluding hydrogens is 302 g/mol. The molecule has 0 aromatic heterocycles. The van der Waals surface area contributed by atoms with Crippen molar-refractivity contribution >= 4 is 17.8 Å². The third-order valence-corrected chi connectivity index (χ3v) is 5.04. The van der Waals surface area contributed by atoms with Gasteiger partial charge in [-0.15, -0.1) is 11.8 Å². The Morgan fingerprint density at radius 1 is 1.13 bits per heavy atom. The molecule has 2 nitrogen and oxygen atoms in total. The van der Waals surface area contributed by atoms with Crippen LogP contribution in [0.3, 0.4) is 0 Å². The third kappa shape index (κ3) is 3.98. The first kappa shape index (κ1) is 16.2. The smallest absolute Gasteiger partial charge is 0.119 e. The molecule has 1 atom stereocenters. The van der Waals surface area contributed by atoms with Crippen LogP contribution in [-0.2, 0) is 0 Å². The standard InChI is InChI=1S/C20H23NOS/c1-21-14-5-7-16-6-3-4-8-19(16)20(21)13-15-22-17-9-11-18(23-2)12-10-17/h3-12,20H,13-15H2,1-2H3/t20-/m0/s1.